The minimum atomic E-state index is -0.524. The van der Waals surface area contributed by atoms with Gasteiger partial charge in [-0.2, -0.15) is 0 Å². The van der Waals surface area contributed by atoms with Crippen molar-refractivity contribution in [2.75, 3.05) is 12.4 Å². The molecule has 0 radical (unpaired) electrons. The van der Waals surface area contributed by atoms with Crippen LogP contribution in [0.4, 0.5) is 11.4 Å². The van der Waals surface area contributed by atoms with Gasteiger partial charge >= 0.3 is 5.97 Å². The van der Waals surface area contributed by atoms with Crippen molar-refractivity contribution >= 4 is 29.1 Å². The number of ether oxygens (including phenoxy) is 1. The van der Waals surface area contributed by atoms with Crippen molar-refractivity contribution in [3.05, 3.63) is 23.8 Å². The number of hydrazine groups is 1. The molecule has 1 aliphatic heterocycles. The number of anilines is 1. The molecule has 7 nitrogen and oxygen atoms in total. The molecule has 0 saturated heterocycles. The summed E-state index contributed by atoms with van der Waals surface area (Å²) in [7, 11) is 1.32. The number of benzene rings is 1. The average molecular weight is 290 g/mol. The molecule has 3 N–H and O–H groups in total. The van der Waals surface area contributed by atoms with Crippen LogP contribution >= 0.6 is 0 Å². The first-order valence-electron chi connectivity index (χ1n) is 6.46. The van der Waals surface area contributed by atoms with Crippen LogP contribution in [0.3, 0.4) is 0 Å². The van der Waals surface area contributed by atoms with Crippen LogP contribution in [-0.4, -0.2) is 30.4 Å². The minimum absolute atomic E-state index is 0.236. The van der Waals surface area contributed by atoms with E-state index in [1.54, 1.807) is 12.1 Å². The Balaban J connectivity index is 2.46. The van der Waals surface area contributed by atoms with E-state index in [2.05, 4.69) is 21.2 Å². The van der Waals surface area contributed by atoms with Gasteiger partial charge in [0.2, 0.25) is 5.91 Å². The molecule has 1 aromatic carbocycles. The second kappa shape index (κ2) is 5.43. The number of nitrogens with one attached hydrogen (secondary N) is 3. The Morgan fingerprint density at radius 1 is 1.33 bits per heavy atom. The number of esters is 1. The summed E-state index contributed by atoms with van der Waals surface area (Å²) in [5.41, 5.74) is 6.31. The van der Waals surface area contributed by atoms with E-state index >= 15 is 0 Å². The Labute approximate surface area is 122 Å². The van der Waals surface area contributed by atoms with Gasteiger partial charge in [-0.25, -0.2) is 9.79 Å². The zero-order chi connectivity index (χ0) is 15.6. The minimum Gasteiger partial charge on any atom is -0.465 e. The predicted octanol–water partition coefficient (Wildman–Crippen LogP) is 1.35. The third-order valence-electron chi connectivity index (χ3n) is 3.06. The zero-order valence-electron chi connectivity index (χ0n) is 12.4. The zero-order valence-corrected chi connectivity index (χ0v) is 12.4. The van der Waals surface area contributed by atoms with Crippen molar-refractivity contribution in [3.8, 4) is 0 Å². The smallest absolute Gasteiger partial charge is 0.340 e. The maximum atomic E-state index is 11.8. The standard InChI is InChI=1S/C14H18N4O3/c1-8(19)17-18-13-14(2,3)16-10-7-5-6-9(11(10)15-13)12(20)21-4/h5-7,16H,1-4H3,(H,15,18)(H,17,19). The van der Waals surface area contributed by atoms with Crippen LogP contribution < -0.4 is 16.2 Å². The third kappa shape index (κ3) is 2.96. The fourth-order valence-electron chi connectivity index (χ4n) is 2.02. The Kier molecular flexibility index (Phi) is 3.84. The van der Waals surface area contributed by atoms with Crippen LogP contribution in [0.25, 0.3) is 0 Å². The Morgan fingerprint density at radius 2 is 2.05 bits per heavy atom. The van der Waals surface area contributed by atoms with E-state index in [1.807, 2.05) is 19.9 Å². The van der Waals surface area contributed by atoms with Gasteiger partial charge in [0.15, 0.2) is 0 Å². The van der Waals surface area contributed by atoms with Gasteiger partial charge in [0.25, 0.3) is 0 Å². The number of rotatable bonds is 1. The van der Waals surface area contributed by atoms with Gasteiger partial charge in [0.05, 0.1) is 23.9 Å². The fourth-order valence-corrected chi connectivity index (χ4v) is 2.02. The Hall–Kier alpha value is -2.57. The van der Waals surface area contributed by atoms with E-state index in [1.165, 1.54) is 14.0 Å². The van der Waals surface area contributed by atoms with Crippen molar-refractivity contribution in [3.63, 3.8) is 0 Å². The fraction of sp³-hybridized carbons (Fsp3) is 0.357. The van der Waals surface area contributed by atoms with Gasteiger partial charge in [-0.15, -0.1) is 0 Å². The summed E-state index contributed by atoms with van der Waals surface area (Å²) in [4.78, 5) is 27.3. The van der Waals surface area contributed by atoms with Gasteiger partial charge in [0, 0.05) is 6.92 Å². The van der Waals surface area contributed by atoms with Gasteiger partial charge in [-0.1, -0.05) is 6.07 Å². The maximum absolute atomic E-state index is 11.8. The number of fused-ring (bicyclic) bond motifs is 1. The van der Waals surface area contributed by atoms with Gasteiger partial charge in [0.1, 0.15) is 11.5 Å². The second-order valence-corrected chi connectivity index (χ2v) is 5.21. The molecule has 1 amide bonds. The Bertz CT molecular complexity index is 623. The lowest BCUT2D eigenvalue weighted by Gasteiger charge is -2.34. The summed E-state index contributed by atoms with van der Waals surface area (Å²) in [5.74, 6) is -0.196. The van der Waals surface area contributed by atoms with E-state index in [9.17, 15) is 9.59 Å². The highest BCUT2D eigenvalue weighted by molar-refractivity contribution is 6.05. The number of carbonyl (C=O) groups is 2. The number of methoxy groups -OCH3 is 1. The van der Waals surface area contributed by atoms with Crippen molar-refractivity contribution in [1.82, 2.24) is 10.9 Å². The molecule has 7 heteroatoms. The van der Waals surface area contributed by atoms with Crippen LogP contribution in [-0.2, 0) is 9.53 Å². The van der Waals surface area contributed by atoms with Crippen molar-refractivity contribution in [2.24, 2.45) is 4.99 Å². The molecule has 21 heavy (non-hydrogen) atoms. The average Bonchev–Trinajstić information content (AvgIpc) is 2.42. The lowest BCUT2D eigenvalue weighted by atomic mass is 9.99. The molecule has 1 aliphatic rings. The van der Waals surface area contributed by atoms with Crippen LogP contribution in [0.1, 0.15) is 31.1 Å². The highest BCUT2D eigenvalue weighted by Crippen LogP contribution is 2.36. The monoisotopic (exact) mass is 290 g/mol. The summed E-state index contributed by atoms with van der Waals surface area (Å²) >= 11 is 0. The van der Waals surface area contributed by atoms with Crippen LogP contribution in [0.15, 0.2) is 23.2 Å². The van der Waals surface area contributed by atoms with E-state index in [0.29, 0.717) is 17.1 Å². The first-order valence-corrected chi connectivity index (χ1v) is 6.46. The molecule has 0 aliphatic carbocycles. The van der Waals surface area contributed by atoms with Crippen molar-refractivity contribution < 1.29 is 14.3 Å². The summed E-state index contributed by atoms with van der Waals surface area (Å²) < 4.78 is 4.76. The molecule has 1 heterocycles. The highest BCUT2D eigenvalue weighted by Gasteiger charge is 2.32. The normalized spacial score (nSPS) is 15.1. The number of carbonyl (C=O) groups excluding carboxylic acids is 2. The quantitative estimate of drug-likeness (QED) is 0.536. The SMILES string of the molecule is COC(=O)c1cccc2c1N=C(NNC(C)=O)C(C)(C)N2. The molecule has 112 valence electrons. The van der Waals surface area contributed by atoms with Gasteiger partial charge in [-0.3, -0.25) is 15.6 Å². The molecule has 0 aromatic heterocycles. The molecule has 1 aromatic rings. The van der Waals surface area contributed by atoms with Gasteiger partial charge in [-0.05, 0) is 26.0 Å². The molecule has 0 atom stereocenters. The largest absolute Gasteiger partial charge is 0.465 e. The lowest BCUT2D eigenvalue weighted by Crippen LogP contribution is -2.54. The number of aliphatic imine (C=N–C) groups is 1. The van der Waals surface area contributed by atoms with Crippen LogP contribution in [0.5, 0.6) is 0 Å². The van der Waals surface area contributed by atoms with Crippen molar-refractivity contribution in [2.45, 2.75) is 26.3 Å². The molecule has 0 spiro atoms. The topological polar surface area (TPSA) is 91.8 Å². The maximum Gasteiger partial charge on any atom is 0.340 e. The van der Waals surface area contributed by atoms with E-state index < -0.39 is 11.5 Å². The number of hydrogen-bond donors (Lipinski definition) is 3. The number of amidine groups is 1. The molecule has 0 bridgehead atoms. The number of hydrogen-bond acceptors (Lipinski definition) is 6. The third-order valence-corrected chi connectivity index (χ3v) is 3.06. The van der Waals surface area contributed by atoms with Crippen LogP contribution in [0.2, 0.25) is 0 Å². The lowest BCUT2D eigenvalue weighted by molar-refractivity contribution is -0.119. The van der Waals surface area contributed by atoms with Crippen molar-refractivity contribution in [1.29, 1.82) is 0 Å². The molecule has 0 saturated carbocycles. The molecule has 0 fully saturated rings. The second-order valence-electron chi connectivity index (χ2n) is 5.21. The number of nitrogens with zero attached hydrogens (tertiary/aromatic N) is 1. The van der Waals surface area contributed by atoms with E-state index in [4.69, 9.17) is 4.74 Å². The predicted molar refractivity (Wildman–Crippen MR) is 79.5 cm³/mol. The molecule has 2 rings (SSSR count). The summed E-state index contributed by atoms with van der Waals surface area (Å²) in [5, 5.41) is 3.28. The molecular formula is C14H18N4O3. The molecular weight excluding hydrogens is 272 g/mol. The van der Waals surface area contributed by atoms with Crippen LogP contribution in [0, 0.1) is 0 Å². The van der Waals surface area contributed by atoms with Gasteiger partial charge < -0.3 is 10.1 Å². The van der Waals surface area contributed by atoms with E-state index in [-0.39, 0.29) is 5.91 Å². The number of para-hydroxylation sites is 1. The first kappa shape index (κ1) is 14.8. The summed E-state index contributed by atoms with van der Waals surface area (Å²) in [6.45, 7) is 5.22. The Morgan fingerprint density at radius 3 is 2.67 bits per heavy atom. The molecule has 0 unspecified atom stereocenters. The highest BCUT2D eigenvalue weighted by atomic mass is 16.5. The summed E-state index contributed by atoms with van der Waals surface area (Å²) in [6, 6.07) is 5.24. The summed E-state index contributed by atoms with van der Waals surface area (Å²) in [6.07, 6.45) is 0. The van der Waals surface area contributed by atoms with E-state index in [0.717, 1.165) is 5.69 Å². The first-order chi connectivity index (χ1) is 9.85. The number of amides is 1.